The second-order valence-corrected chi connectivity index (χ2v) is 5.64. The van der Waals surface area contributed by atoms with Crippen molar-refractivity contribution in [2.45, 2.75) is 6.92 Å². The number of aromatic nitrogens is 2. The van der Waals surface area contributed by atoms with E-state index in [-0.39, 0.29) is 5.91 Å². The van der Waals surface area contributed by atoms with E-state index in [4.69, 9.17) is 11.6 Å². The third kappa shape index (κ3) is 3.88. The molecule has 2 N–H and O–H groups in total. The van der Waals surface area contributed by atoms with E-state index in [9.17, 15) is 4.79 Å². The summed E-state index contributed by atoms with van der Waals surface area (Å²) < 4.78 is 0. The van der Waals surface area contributed by atoms with Crippen molar-refractivity contribution in [2.75, 3.05) is 10.6 Å². The van der Waals surface area contributed by atoms with Crippen molar-refractivity contribution in [2.24, 2.45) is 0 Å². The summed E-state index contributed by atoms with van der Waals surface area (Å²) >= 11 is 5.93. The van der Waals surface area contributed by atoms with Crippen molar-refractivity contribution in [1.29, 1.82) is 0 Å². The first kappa shape index (κ1) is 16.0. The van der Waals surface area contributed by atoms with Crippen LogP contribution in [0.25, 0.3) is 0 Å². The van der Waals surface area contributed by atoms with Crippen LogP contribution in [0.5, 0.6) is 0 Å². The van der Waals surface area contributed by atoms with Gasteiger partial charge in [0, 0.05) is 28.8 Å². The van der Waals surface area contributed by atoms with Crippen molar-refractivity contribution in [3.05, 3.63) is 77.1 Å². The molecule has 24 heavy (non-hydrogen) atoms. The highest BCUT2D eigenvalue weighted by molar-refractivity contribution is 6.30. The maximum absolute atomic E-state index is 12.3. The summed E-state index contributed by atoms with van der Waals surface area (Å²) in [4.78, 5) is 20.6. The summed E-state index contributed by atoms with van der Waals surface area (Å²) in [6.45, 7) is 1.93. The van der Waals surface area contributed by atoms with E-state index in [2.05, 4.69) is 20.6 Å². The second-order valence-electron chi connectivity index (χ2n) is 5.20. The lowest BCUT2D eigenvalue weighted by molar-refractivity contribution is 0.102. The number of nitrogens with zero attached hydrogens (tertiary/aromatic N) is 2. The molecule has 0 aliphatic carbocycles. The Morgan fingerprint density at radius 1 is 1.04 bits per heavy atom. The van der Waals surface area contributed by atoms with Crippen molar-refractivity contribution in [3.8, 4) is 0 Å². The maximum Gasteiger partial charge on any atom is 0.258 e. The number of rotatable bonds is 4. The summed E-state index contributed by atoms with van der Waals surface area (Å²) in [5.41, 5.74) is 2.92. The normalized spacial score (nSPS) is 10.2. The number of nitrogens with one attached hydrogen (secondary N) is 2. The number of hydrogen-bond acceptors (Lipinski definition) is 4. The molecule has 1 amide bonds. The summed E-state index contributed by atoms with van der Waals surface area (Å²) in [6.07, 6.45) is 2.96. The average molecular weight is 339 g/mol. The number of benzene rings is 2. The number of carbonyl (C=O) groups excluding carboxylic acids is 1. The number of anilines is 3. The van der Waals surface area contributed by atoms with Crippen molar-refractivity contribution in [3.63, 3.8) is 0 Å². The van der Waals surface area contributed by atoms with Crippen LogP contribution in [0.2, 0.25) is 5.02 Å². The monoisotopic (exact) mass is 338 g/mol. The fraction of sp³-hybridized carbons (Fsp3) is 0.0556. The van der Waals surface area contributed by atoms with Gasteiger partial charge in [0.15, 0.2) is 0 Å². The number of para-hydroxylation sites is 1. The lowest BCUT2D eigenvalue weighted by Gasteiger charge is -2.08. The van der Waals surface area contributed by atoms with Crippen LogP contribution in [-0.4, -0.2) is 15.9 Å². The fourth-order valence-corrected chi connectivity index (χ4v) is 2.30. The first-order valence-electron chi connectivity index (χ1n) is 7.33. The van der Waals surface area contributed by atoms with Crippen LogP contribution in [0.15, 0.2) is 60.9 Å². The molecule has 0 radical (unpaired) electrons. The topological polar surface area (TPSA) is 66.9 Å². The molecule has 0 atom stereocenters. The van der Waals surface area contributed by atoms with Crippen molar-refractivity contribution >= 4 is 34.8 Å². The number of hydrogen-bond donors (Lipinski definition) is 2. The summed E-state index contributed by atoms with van der Waals surface area (Å²) in [7, 11) is 0. The lowest BCUT2D eigenvalue weighted by atomic mass is 10.2. The first-order chi connectivity index (χ1) is 11.6. The van der Waals surface area contributed by atoms with Gasteiger partial charge in [-0.25, -0.2) is 9.97 Å². The molecule has 0 bridgehead atoms. The largest absolute Gasteiger partial charge is 0.324 e. The van der Waals surface area contributed by atoms with Gasteiger partial charge in [0.2, 0.25) is 5.95 Å². The van der Waals surface area contributed by atoms with Gasteiger partial charge in [-0.1, -0.05) is 35.9 Å². The SMILES string of the molecule is Cc1ccccc1NC(=O)c1cnc(Nc2cccc(Cl)c2)nc1. The third-order valence-corrected chi connectivity index (χ3v) is 3.62. The lowest BCUT2D eigenvalue weighted by Crippen LogP contribution is -2.13. The Bertz CT molecular complexity index is 865. The molecule has 1 aromatic heterocycles. The van der Waals surface area contributed by atoms with Gasteiger partial charge in [-0.15, -0.1) is 0 Å². The molecular formula is C18H15ClN4O. The standard InChI is InChI=1S/C18H15ClN4O/c1-12-5-2-3-8-16(12)23-17(24)13-10-20-18(21-11-13)22-15-7-4-6-14(19)9-15/h2-11H,1H3,(H,23,24)(H,20,21,22). The Labute approximate surface area is 144 Å². The predicted octanol–water partition coefficient (Wildman–Crippen LogP) is 4.43. The molecule has 0 saturated heterocycles. The Balaban J connectivity index is 1.70. The highest BCUT2D eigenvalue weighted by atomic mass is 35.5. The minimum Gasteiger partial charge on any atom is -0.324 e. The minimum atomic E-state index is -0.251. The van der Waals surface area contributed by atoms with Gasteiger partial charge in [-0.2, -0.15) is 0 Å². The fourth-order valence-electron chi connectivity index (χ4n) is 2.11. The smallest absolute Gasteiger partial charge is 0.258 e. The molecular weight excluding hydrogens is 324 g/mol. The molecule has 120 valence electrons. The number of amides is 1. The van der Waals surface area contributed by atoms with Gasteiger partial charge >= 0.3 is 0 Å². The predicted molar refractivity (Wildman–Crippen MR) is 95.9 cm³/mol. The maximum atomic E-state index is 12.3. The Morgan fingerprint density at radius 2 is 1.79 bits per heavy atom. The molecule has 0 aliphatic rings. The van der Waals surface area contributed by atoms with E-state index < -0.39 is 0 Å². The first-order valence-corrected chi connectivity index (χ1v) is 7.71. The summed E-state index contributed by atoms with van der Waals surface area (Å²) in [5.74, 6) is 0.142. The molecule has 3 rings (SSSR count). The Morgan fingerprint density at radius 3 is 2.50 bits per heavy atom. The molecule has 0 aliphatic heterocycles. The van der Waals surface area contributed by atoms with Crippen LogP contribution in [-0.2, 0) is 0 Å². The zero-order valence-electron chi connectivity index (χ0n) is 13.0. The molecule has 3 aromatic rings. The molecule has 6 heteroatoms. The highest BCUT2D eigenvalue weighted by Gasteiger charge is 2.09. The van der Waals surface area contributed by atoms with Crippen LogP contribution >= 0.6 is 11.6 Å². The highest BCUT2D eigenvalue weighted by Crippen LogP contribution is 2.18. The van der Waals surface area contributed by atoms with E-state index in [1.165, 1.54) is 12.4 Å². The minimum absolute atomic E-state index is 0.251. The van der Waals surface area contributed by atoms with E-state index in [1.807, 2.05) is 43.3 Å². The van der Waals surface area contributed by atoms with Crippen LogP contribution < -0.4 is 10.6 Å². The van der Waals surface area contributed by atoms with Gasteiger partial charge in [0.25, 0.3) is 5.91 Å². The molecule has 5 nitrogen and oxygen atoms in total. The van der Waals surface area contributed by atoms with Crippen molar-refractivity contribution in [1.82, 2.24) is 9.97 Å². The average Bonchev–Trinajstić information content (AvgIpc) is 2.57. The summed E-state index contributed by atoms with van der Waals surface area (Å²) in [5, 5.41) is 6.50. The van der Waals surface area contributed by atoms with E-state index >= 15 is 0 Å². The zero-order chi connectivity index (χ0) is 16.9. The van der Waals surface area contributed by atoms with E-state index in [1.54, 1.807) is 12.1 Å². The molecule has 0 spiro atoms. The number of carbonyl (C=O) groups is 1. The Kier molecular flexibility index (Phi) is 4.72. The van der Waals surface area contributed by atoms with Crippen LogP contribution in [0.1, 0.15) is 15.9 Å². The van der Waals surface area contributed by atoms with Gasteiger partial charge < -0.3 is 10.6 Å². The van der Waals surface area contributed by atoms with Crippen LogP contribution in [0, 0.1) is 6.92 Å². The number of halogens is 1. The summed E-state index contributed by atoms with van der Waals surface area (Å²) in [6, 6.07) is 14.8. The zero-order valence-corrected chi connectivity index (χ0v) is 13.7. The molecule has 1 heterocycles. The molecule has 0 fully saturated rings. The molecule has 0 unspecified atom stereocenters. The number of aryl methyl sites for hydroxylation is 1. The van der Waals surface area contributed by atoms with Crippen LogP contribution in [0.4, 0.5) is 17.3 Å². The third-order valence-electron chi connectivity index (χ3n) is 3.39. The Hall–Kier alpha value is -2.92. The van der Waals surface area contributed by atoms with Crippen molar-refractivity contribution < 1.29 is 4.79 Å². The van der Waals surface area contributed by atoms with E-state index in [0.717, 1.165) is 16.9 Å². The van der Waals surface area contributed by atoms with E-state index in [0.29, 0.717) is 16.5 Å². The van der Waals surface area contributed by atoms with Gasteiger partial charge in [0.05, 0.1) is 5.56 Å². The molecule has 0 saturated carbocycles. The van der Waals surface area contributed by atoms with Gasteiger partial charge in [-0.05, 0) is 36.8 Å². The van der Waals surface area contributed by atoms with Crippen LogP contribution in [0.3, 0.4) is 0 Å². The van der Waals surface area contributed by atoms with Gasteiger partial charge in [0.1, 0.15) is 0 Å². The second kappa shape index (κ2) is 7.10. The quantitative estimate of drug-likeness (QED) is 0.738. The van der Waals surface area contributed by atoms with Gasteiger partial charge in [-0.3, -0.25) is 4.79 Å². The molecule has 2 aromatic carbocycles.